The molecule has 0 aliphatic heterocycles. The van der Waals surface area contributed by atoms with Crippen LogP contribution in [0.1, 0.15) is 36.8 Å². The Hall–Kier alpha value is -2.41. The van der Waals surface area contributed by atoms with Gasteiger partial charge in [-0.25, -0.2) is 9.97 Å². The Labute approximate surface area is 119 Å². The molecule has 2 rings (SSSR count). The normalized spacial score (nSPS) is 10.4. The lowest BCUT2D eigenvalue weighted by Crippen LogP contribution is -1.98. The molecule has 1 aromatic carbocycles. The van der Waals surface area contributed by atoms with Gasteiger partial charge in [-0.3, -0.25) is 0 Å². The van der Waals surface area contributed by atoms with Crippen molar-refractivity contribution >= 4 is 0 Å². The Morgan fingerprint density at radius 2 is 1.95 bits per heavy atom. The summed E-state index contributed by atoms with van der Waals surface area (Å²) in [5.41, 5.74) is 3.64. The van der Waals surface area contributed by atoms with Crippen LogP contribution in [-0.2, 0) is 0 Å². The largest absolute Gasteiger partial charge is 0.496 e. The van der Waals surface area contributed by atoms with Gasteiger partial charge in [0.25, 0.3) is 0 Å². The molecule has 0 N–H and O–H groups in total. The lowest BCUT2D eigenvalue weighted by Gasteiger charge is -2.13. The van der Waals surface area contributed by atoms with Crippen molar-refractivity contribution in [2.45, 2.75) is 26.7 Å². The van der Waals surface area contributed by atoms with E-state index < -0.39 is 0 Å². The van der Waals surface area contributed by atoms with Crippen molar-refractivity contribution < 1.29 is 4.74 Å². The summed E-state index contributed by atoms with van der Waals surface area (Å²) >= 11 is 0. The molecule has 0 saturated heterocycles. The predicted molar refractivity (Wildman–Crippen MR) is 77.6 cm³/mol. The minimum Gasteiger partial charge on any atom is -0.496 e. The van der Waals surface area contributed by atoms with Crippen molar-refractivity contribution in [3.8, 4) is 23.1 Å². The molecule has 1 heterocycles. The van der Waals surface area contributed by atoms with Crippen molar-refractivity contribution in [1.82, 2.24) is 9.97 Å². The summed E-state index contributed by atoms with van der Waals surface area (Å²) in [6.45, 7) is 6.10. The maximum Gasteiger partial charge on any atom is 0.232 e. The number of nitriles is 1. The van der Waals surface area contributed by atoms with Gasteiger partial charge in [0.2, 0.25) is 5.82 Å². The Morgan fingerprint density at radius 3 is 2.55 bits per heavy atom. The van der Waals surface area contributed by atoms with Crippen LogP contribution in [0.25, 0.3) is 11.3 Å². The Kier molecular flexibility index (Phi) is 3.99. The van der Waals surface area contributed by atoms with Crippen LogP contribution >= 0.6 is 0 Å². The first kappa shape index (κ1) is 14.0. The van der Waals surface area contributed by atoms with Gasteiger partial charge in [0.15, 0.2) is 0 Å². The van der Waals surface area contributed by atoms with Crippen LogP contribution in [0.5, 0.6) is 5.75 Å². The number of ether oxygens (including phenoxy) is 1. The molecule has 102 valence electrons. The van der Waals surface area contributed by atoms with E-state index in [4.69, 9.17) is 10.00 Å². The lowest BCUT2D eigenvalue weighted by atomic mass is 9.98. The predicted octanol–water partition coefficient (Wildman–Crippen LogP) is 3.46. The molecule has 2 aromatic rings. The van der Waals surface area contributed by atoms with Gasteiger partial charge in [-0.2, -0.15) is 5.26 Å². The standard InChI is InChI=1S/C16H17N3O/c1-10(2)13-8-12(5-6-15(13)20-4)14-7-11(3)18-16(9-17)19-14/h5-8,10H,1-4H3. The van der Waals surface area contributed by atoms with Gasteiger partial charge in [0.1, 0.15) is 11.8 Å². The van der Waals surface area contributed by atoms with Gasteiger partial charge in [0.05, 0.1) is 12.8 Å². The molecule has 0 unspecified atom stereocenters. The van der Waals surface area contributed by atoms with E-state index in [0.717, 1.165) is 28.3 Å². The zero-order valence-corrected chi connectivity index (χ0v) is 12.1. The molecule has 4 nitrogen and oxygen atoms in total. The van der Waals surface area contributed by atoms with E-state index in [-0.39, 0.29) is 5.82 Å². The zero-order valence-electron chi connectivity index (χ0n) is 12.1. The highest BCUT2D eigenvalue weighted by atomic mass is 16.5. The van der Waals surface area contributed by atoms with Gasteiger partial charge in [0, 0.05) is 11.3 Å². The van der Waals surface area contributed by atoms with E-state index in [0.29, 0.717) is 5.92 Å². The van der Waals surface area contributed by atoms with E-state index in [9.17, 15) is 0 Å². The molecule has 1 aromatic heterocycles. The third-order valence-corrected chi connectivity index (χ3v) is 3.10. The summed E-state index contributed by atoms with van der Waals surface area (Å²) in [4.78, 5) is 8.34. The van der Waals surface area contributed by atoms with Crippen LogP contribution in [0.2, 0.25) is 0 Å². The zero-order chi connectivity index (χ0) is 14.7. The first-order valence-corrected chi connectivity index (χ1v) is 6.49. The first-order chi connectivity index (χ1) is 9.55. The smallest absolute Gasteiger partial charge is 0.232 e. The third-order valence-electron chi connectivity index (χ3n) is 3.10. The van der Waals surface area contributed by atoms with Crippen molar-refractivity contribution in [2.75, 3.05) is 7.11 Å². The van der Waals surface area contributed by atoms with E-state index in [1.807, 2.05) is 31.2 Å². The second-order valence-corrected chi connectivity index (χ2v) is 4.94. The van der Waals surface area contributed by atoms with Crippen molar-refractivity contribution in [1.29, 1.82) is 5.26 Å². The van der Waals surface area contributed by atoms with Crippen molar-refractivity contribution in [3.63, 3.8) is 0 Å². The highest BCUT2D eigenvalue weighted by molar-refractivity contribution is 5.63. The fraction of sp³-hybridized carbons (Fsp3) is 0.312. The molecule has 20 heavy (non-hydrogen) atoms. The molecule has 0 fully saturated rings. The van der Waals surface area contributed by atoms with Gasteiger partial charge >= 0.3 is 0 Å². The maximum absolute atomic E-state index is 8.96. The summed E-state index contributed by atoms with van der Waals surface area (Å²) in [6.07, 6.45) is 0. The number of aromatic nitrogens is 2. The second kappa shape index (κ2) is 5.70. The van der Waals surface area contributed by atoms with E-state index in [1.165, 1.54) is 0 Å². The third kappa shape index (κ3) is 2.77. The number of hydrogen-bond acceptors (Lipinski definition) is 4. The molecule has 0 atom stereocenters. The summed E-state index contributed by atoms with van der Waals surface area (Å²) in [6, 6.07) is 9.83. The average Bonchev–Trinajstić information content (AvgIpc) is 2.45. The Balaban J connectivity index is 2.56. The number of rotatable bonds is 3. The van der Waals surface area contributed by atoms with Crippen LogP contribution < -0.4 is 4.74 Å². The molecule has 0 aliphatic rings. The molecule has 4 heteroatoms. The number of nitrogens with zero attached hydrogens (tertiary/aromatic N) is 3. The fourth-order valence-corrected chi connectivity index (χ4v) is 2.11. The quantitative estimate of drug-likeness (QED) is 0.854. The lowest BCUT2D eigenvalue weighted by molar-refractivity contribution is 0.407. The summed E-state index contributed by atoms with van der Waals surface area (Å²) in [5.74, 6) is 1.42. The number of methoxy groups -OCH3 is 1. The SMILES string of the molecule is COc1ccc(-c2cc(C)nc(C#N)n2)cc1C(C)C. The van der Waals surface area contributed by atoms with Crippen LogP contribution in [0.15, 0.2) is 24.3 Å². The molecule has 0 bridgehead atoms. The van der Waals surface area contributed by atoms with Gasteiger partial charge in [-0.05, 0) is 42.7 Å². The summed E-state index contributed by atoms with van der Waals surface area (Å²) in [5, 5.41) is 8.96. The van der Waals surface area contributed by atoms with E-state index in [2.05, 4.69) is 29.9 Å². The van der Waals surface area contributed by atoms with Crippen LogP contribution in [-0.4, -0.2) is 17.1 Å². The Bertz CT molecular complexity index is 672. The molecule has 0 saturated carbocycles. The molecule has 0 spiro atoms. The highest BCUT2D eigenvalue weighted by Crippen LogP contribution is 2.30. The number of benzene rings is 1. The van der Waals surface area contributed by atoms with Crippen LogP contribution in [0.3, 0.4) is 0 Å². The summed E-state index contributed by atoms with van der Waals surface area (Å²) < 4.78 is 5.38. The number of aryl methyl sites for hydroxylation is 1. The van der Waals surface area contributed by atoms with E-state index in [1.54, 1.807) is 7.11 Å². The average molecular weight is 267 g/mol. The molecular weight excluding hydrogens is 250 g/mol. The van der Waals surface area contributed by atoms with Gasteiger partial charge in [-0.15, -0.1) is 0 Å². The molecule has 0 aliphatic carbocycles. The van der Waals surface area contributed by atoms with Crippen molar-refractivity contribution in [3.05, 3.63) is 41.3 Å². The highest BCUT2D eigenvalue weighted by Gasteiger charge is 2.11. The van der Waals surface area contributed by atoms with Crippen molar-refractivity contribution in [2.24, 2.45) is 0 Å². The maximum atomic E-state index is 8.96. The topological polar surface area (TPSA) is 58.8 Å². The minimum atomic E-state index is 0.196. The van der Waals surface area contributed by atoms with Crippen LogP contribution in [0.4, 0.5) is 0 Å². The molecule has 0 radical (unpaired) electrons. The minimum absolute atomic E-state index is 0.196. The fourth-order valence-electron chi connectivity index (χ4n) is 2.11. The monoisotopic (exact) mass is 267 g/mol. The van der Waals surface area contributed by atoms with Crippen LogP contribution in [0, 0.1) is 18.3 Å². The van der Waals surface area contributed by atoms with Gasteiger partial charge in [-0.1, -0.05) is 13.8 Å². The van der Waals surface area contributed by atoms with Gasteiger partial charge < -0.3 is 4.74 Å². The number of hydrogen-bond donors (Lipinski definition) is 0. The Morgan fingerprint density at radius 1 is 1.20 bits per heavy atom. The molecule has 0 amide bonds. The molecular formula is C16H17N3O. The first-order valence-electron chi connectivity index (χ1n) is 6.49. The van der Waals surface area contributed by atoms with E-state index >= 15 is 0 Å². The second-order valence-electron chi connectivity index (χ2n) is 4.94. The summed E-state index contributed by atoms with van der Waals surface area (Å²) in [7, 11) is 1.67.